The molecule has 1 aliphatic heterocycles. The summed E-state index contributed by atoms with van der Waals surface area (Å²) in [6.45, 7) is 7.97. The highest BCUT2D eigenvalue weighted by Crippen LogP contribution is 2.12. The van der Waals surface area contributed by atoms with E-state index in [1.165, 1.54) is 0 Å². The van der Waals surface area contributed by atoms with Crippen molar-refractivity contribution >= 4 is 11.8 Å². The van der Waals surface area contributed by atoms with Crippen LogP contribution in [0.15, 0.2) is 66.8 Å². The number of hydrogen-bond donors (Lipinski definition) is 0. The van der Waals surface area contributed by atoms with Crippen LogP contribution in [0.1, 0.15) is 23.7 Å². The summed E-state index contributed by atoms with van der Waals surface area (Å²) in [4.78, 5) is 28.8. The van der Waals surface area contributed by atoms with E-state index in [0.717, 1.165) is 6.42 Å². The number of carbonyl (C=O) groups excluding carboxylic acids is 2. The summed E-state index contributed by atoms with van der Waals surface area (Å²) in [5, 5.41) is 0. The molecule has 1 aromatic rings. The summed E-state index contributed by atoms with van der Waals surface area (Å²) in [6, 6.07) is 9.28. The standard InChI is InChI=1S/C20H24N2O2/c1-3-9-17(10-4-2)19(23)21-13-8-14-22(16-15-21)20(24)18-11-6-5-7-12-18/h3-7,9-12H,1,8,13-16H2,2H3/b10-4-,17-9+. The summed E-state index contributed by atoms with van der Waals surface area (Å²) in [5.41, 5.74) is 1.31. The Bertz CT molecular complexity index is 647. The molecule has 0 saturated carbocycles. The number of nitrogens with zero attached hydrogens (tertiary/aromatic N) is 2. The third kappa shape index (κ3) is 4.44. The molecular formula is C20H24N2O2. The Kier molecular flexibility index (Phi) is 6.55. The van der Waals surface area contributed by atoms with Gasteiger partial charge in [-0.15, -0.1) is 0 Å². The molecule has 0 aliphatic carbocycles. The summed E-state index contributed by atoms with van der Waals surface area (Å²) in [5.74, 6) is 0.0159. The van der Waals surface area contributed by atoms with Gasteiger partial charge in [0.1, 0.15) is 0 Å². The third-order valence-electron chi connectivity index (χ3n) is 3.98. The Balaban J connectivity index is 2.04. The first-order valence-electron chi connectivity index (χ1n) is 8.26. The molecule has 0 radical (unpaired) electrons. The zero-order valence-electron chi connectivity index (χ0n) is 14.1. The molecule has 4 nitrogen and oxygen atoms in total. The molecule has 0 unspecified atom stereocenters. The normalized spacial score (nSPS) is 16.1. The van der Waals surface area contributed by atoms with Crippen molar-refractivity contribution < 1.29 is 9.59 Å². The molecule has 0 aromatic heterocycles. The molecule has 0 atom stereocenters. The fourth-order valence-corrected chi connectivity index (χ4v) is 2.77. The van der Waals surface area contributed by atoms with Crippen molar-refractivity contribution in [1.29, 1.82) is 0 Å². The first-order chi connectivity index (χ1) is 11.7. The summed E-state index contributed by atoms with van der Waals surface area (Å²) in [7, 11) is 0. The number of benzene rings is 1. The van der Waals surface area contributed by atoms with E-state index < -0.39 is 0 Å². The molecule has 1 aliphatic rings. The lowest BCUT2D eigenvalue weighted by molar-refractivity contribution is -0.126. The zero-order chi connectivity index (χ0) is 17.4. The van der Waals surface area contributed by atoms with Gasteiger partial charge in [0.2, 0.25) is 0 Å². The van der Waals surface area contributed by atoms with Crippen molar-refractivity contribution in [3.8, 4) is 0 Å². The summed E-state index contributed by atoms with van der Waals surface area (Å²) >= 11 is 0. The van der Waals surface area contributed by atoms with Gasteiger partial charge in [-0.1, -0.05) is 49.1 Å². The Morgan fingerprint density at radius 1 is 1.04 bits per heavy atom. The highest BCUT2D eigenvalue weighted by atomic mass is 16.2. The van der Waals surface area contributed by atoms with Crippen LogP contribution in [0.25, 0.3) is 0 Å². The summed E-state index contributed by atoms with van der Waals surface area (Å²) in [6.07, 6.45) is 7.76. The molecule has 126 valence electrons. The van der Waals surface area contributed by atoms with Gasteiger partial charge in [0.25, 0.3) is 11.8 Å². The monoisotopic (exact) mass is 324 g/mol. The minimum absolute atomic E-state index is 0.0120. The van der Waals surface area contributed by atoms with E-state index in [1.54, 1.807) is 18.2 Å². The molecule has 2 amide bonds. The lowest BCUT2D eigenvalue weighted by Crippen LogP contribution is -2.37. The molecule has 0 bridgehead atoms. The lowest BCUT2D eigenvalue weighted by atomic mass is 10.2. The van der Waals surface area contributed by atoms with Gasteiger partial charge >= 0.3 is 0 Å². The Morgan fingerprint density at radius 3 is 2.38 bits per heavy atom. The fourth-order valence-electron chi connectivity index (χ4n) is 2.77. The first-order valence-corrected chi connectivity index (χ1v) is 8.26. The number of carbonyl (C=O) groups is 2. The molecular weight excluding hydrogens is 300 g/mol. The van der Waals surface area contributed by atoms with Crippen LogP contribution in [-0.2, 0) is 4.79 Å². The predicted octanol–water partition coefficient (Wildman–Crippen LogP) is 3.05. The van der Waals surface area contributed by atoms with E-state index in [2.05, 4.69) is 6.58 Å². The molecule has 1 heterocycles. The largest absolute Gasteiger partial charge is 0.337 e. The van der Waals surface area contributed by atoms with Crippen LogP contribution < -0.4 is 0 Å². The molecule has 24 heavy (non-hydrogen) atoms. The van der Waals surface area contributed by atoms with Crippen molar-refractivity contribution in [2.75, 3.05) is 26.2 Å². The first kappa shape index (κ1) is 17.7. The van der Waals surface area contributed by atoms with E-state index in [9.17, 15) is 9.59 Å². The van der Waals surface area contributed by atoms with Gasteiger partial charge in [0, 0.05) is 37.3 Å². The fraction of sp³-hybridized carbons (Fsp3) is 0.300. The second-order valence-corrected chi connectivity index (χ2v) is 5.66. The van der Waals surface area contributed by atoms with E-state index in [1.807, 2.05) is 53.1 Å². The van der Waals surface area contributed by atoms with Crippen LogP contribution in [0.2, 0.25) is 0 Å². The maximum atomic E-state index is 12.6. The third-order valence-corrected chi connectivity index (χ3v) is 3.98. The zero-order valence-corrected chi connectivity index (χ0v) is 14.1. The Hall–Kier alpha value is -2.62. The number of amides is 2. The van der Waals surface area contributed by atoms with Gasteiger partial charge in [0.05, 0.1) is 0 Å². The Labute approximate surface area is 143 Å². The maximum absolute atomic E-state index is 12.6. The smallest absolute Gasteiger partial charge is 0.253 e. The van der Waals surface area contributed by atoms with Crippen molar-refractivity contribution in [2.45, 2.75) is 13.3 Å². The van der Waals surface area contributed by atoms with E-state index in [-0.39, 0.29) is 11.8 Å². The second-order valence-electron chi connectivity index (χ2n) is 5.66. The van der Waals surface area contributed by atoms with Crippen molar-refractivity contribution in [1.82, 2.24) is 9.80 Å². The molecule has 4 heteroatoms. The predicted molar refractivity (Wildman–Crippen MR) is 96.6 cm³/mol. The van der Waals surface area contributed by atoms with Gasteiger partial charge < -0.3 is 9.80 Å². The number of allylic oxidation sites excluding steroid dienone is 3. The van der Waals surface area contributed by atoms with Crippen LogP contribution in [0.5, 0.6) is 0 Å². The molecule has 0 spiro atoms. The van der Waals surface area contributed by atoms with Gasteiger partial charge in [-0.2, -0.15) is 0 Å². The quantitative estimate of drug-likeness (QED) is 0.631. The van der Waals surface area contributed by atoms with Crippen molar-refractivity contribution in [2.24, 2.45) is 0 Å². The highest BCUT2D eigenvalue weighted by Gasteiger charge is 2.23. The average molecular weight is 324 g/mol. The van der Waals surface area contributed by atoms with E-state index in [4.69, 9.17) is 0 Å². The molecule has 0 N–H and O–H groups in total. The number of rotatable bonds is 4. The molecule has 1 aromatic carbocycles. The van der Waals surface area contributed by atoms with Crippen LogP contribution in [0, 0.1) is 0 Å². The van der Waals surface area contributed by atoms with Crippen LogP contribution >= 0.6 is 0 Å². The minimum Gasteiger partial charge on any atom is -0.337 e. The lowest BCUT2D eigenvalue weighted by Gasteiger charge is -2.22. The van der Waals surface area contributed by atoms with Crippen LogP contribution in [0.4, 0.5) is 0 Å². The second kappa shape index (κ2) is 8.87. The van der Waals surface area contributed by atoms with Crippen LogP contribution in [0.3, 0.4) is 0 Å². The Morgan fingerprint density at radius 2 is 1.71 bits per heavy atom. The van der Waals surface area contributed by atoms with Crippen molar-refractivity contribution in [3.63, 3.8) is 0 Å². The topological polar surface area (TPSA) is 40.6 Å². The van der Waals surface area contributed by atoms with Gasteiger partial charge in [0.15, 0.2) is 0 Å². The average Bonchev–Trinajstić information content (AvgIpc) is 2.87. The van der Waals surface area contributed by atoms with Gasteiger partial charge in [-0.3, -0.25) is 9.59 Å². The van der Waals surface area contributed by atoms with E-state index >= 15 is 0 Å². The molecule has 2 rings (SSSR count). The SMILES string of the molecule is C=C/C=C(\C=C/C)C(=O)N1CCCN(C(=O)c2ccccc2)CC1. The minimum atomic E-state index is -0.0120. The van der Waals surface area contributed by atoms with Gasteiger partial charge in [-0.25, -0.2) is 0 Å². The van der Waals surface area contributed by atoms with E-state index in [0.29, 0.717) is 37.3 Å². The van der Waals surface area contributed by atoms with Crippen LogP contribution in [-0.4, -0.2) is 47.8 Å². The summed E-state index contributed by atoms with van der Waals surface area (Å²) < 4.78 is 0. The van der Waals surface area contributed by atoms with Crippen molar-refractivity contribution in [3.05, 3.63) is 72.4 Å². The highest BCUT2D eigenvalue weighted by molar-refractivity contribution is 5.97. The number of hydrogen-bond acceptors (Lipinski definition) is 2. The van der Waals surface area contributed by atoms with Gasteiger partial charge in [-0.05, 0) is 25.5 Å². The molecule has 1 saturated heterocycles. The maximum Gasteiger partial charge on any atom is 0.253 e. The molecule has 1 fully saturated rings.